The quantitative estimate of drug-likeness (QED) is 0.170. The number of methoxy groups -OCH3 is 3. The van der Waals surface area contributed by atoms with E-state index in [0.29, 0.717) is 24.2 Å². The van der Waals surface area contributed by atoms with Crippen molar-refractivity contribution in [2.45, 2.75) is 43.5 Å². The predicted octanol–water partition coefficient (Wildman–Crippen LogP) is -0.401. The van der Waals surface area contributed by atoms with Crippen molar-refractivity contribution >= 4 is 0 Å². The second kappa shape index (κ2) is 14.0. The van der Waals surface area contributed by atoms with Gasteiger partial charge in [0.25, 0.3) is 0 Å². The zero-order valence-electron chi connectivity index (χ0n) is 22.1. The Morgan fingerprint density at radius 3 is 1.79 bits per heavy atom. The summed E-state index contributed by atoms with van der Waals surface area (Å²) in [5.41, 5.74) is 1.52. The lowest BCUT2D eigenvalue weighted by molar-refractivity contribution is -0.277. The molecule has 0 spiro atoms. The standard InChI is InChI=1S/C27H38O12/c1-35-19-8-14(4-5-18(19)31)6-16(11-28)17(12-29)7-15-9-20(36-2)26(21(10-15)37-3)39-27-25(34)24(33)23(32)22(13-30)38-27/h4-5,8-10,16-17,22-25,27-34H,6-7,11-13H2,1-3H3/t16-,17-,22+,23+,24-,25+,27-/m0/s1. The van der Waals surface area contributed by atoms with Crippen LogP contribution in [0.5, 0.6) is 28.7 Å². The number of hydrogen-bond acceptors (Lipinski definition) is 12. The minimum Gasteiger partial charge on any atom is -0.504 e. The Balaban J connectivity index is 1.83. The van der Waals surface area contributed by atoms with E-state index in [2.05, 4.69) is 0 Å². The van der Waals surface area contributed by atoms with Gasteiger partial charge in [-0.25, -0.2) is 0 Å². The predicted molar refractivity (Wildman–Crippen MR) is 137 cm³/mol. The van der Waals surface area contributed by atoms with E-state index in [9.17, 15) is 35.7 Å². The van der Waals surface area contributed by atoms with Crippen molar-refractivity contribution < 1.29 is 59.4 Å². The Hall–Kier alpha value is -2.84. The lowest BCUT2D eigenvalue weighted by atomic mass is 9.83. The highest BCUT2D eigenvalue weighted by molar-refractivity contribution is 5.54. The van der Waals surface area contributed by atoms with Crippen molar-refractivity contribution in [3.05, 3.63) is 41.5 Å². The molecule has 12 nitrogen and oxygen atoms in total. The Morgan fingerprint density at radius 1 is 0.744 bits per heavy atom. The van der Waals surface area contributed by atoms with Crippen molar-refractivity contribution in [2.24, 2.45) is 11.8 Å². The van der Waals surface area contributed by atoms with E-state index in [-0.39, 0.29) is 48.0 Å². The molecular weight excluding hydrogens is 516 g/mol. The minimum atomic E-state index is -1.63. The van der Waals surface area contributed by atoms with E-state index in [1.807, 2.05) is 0 Å². The molecule has 7 atom stereocenters. The molecule has 0 bridgehead atoms. The topological polar surface area (TPSA) is 188 Å². The van der Waals surface area contributed by atoms with Crippen LogP contribution in [0.1, 0.15) is 11.1 Å². The molecular formula is C27H38O12. The SMILES string of the molecule is COc1cc(C[C@@H](CO)[C@H](CO)Cc2cc(OC)c(O[C@@H]3O[C@H](CO)[C@@H](O)[C@H](O)[C@H]3O)c(OC)c2)ccc1O. The molecule has 0 radical (unpaired) electrons. The van der Waals surface area contributed by atoms with Gasteiger partial charge in [-0.05, 0) is 60.1 Å². The number of aliphatic hydroxyl groups is 6. The molecule has 1 heterocycles. The third-order valence-electron chi connectivity index (χ3n) is 6.98. The fraction of sp³-hybridized carbons (Fsp3) is 0.556. The zero-order valence-corrected chi connectivity index (χ0v) is 22.1. The number of aromatic hydroxyl groups is 1. The number of rotatable bonds is 13. The summed E-state index contributed by atoms with van der Waals surface area (Å²) in [6.07, 6.45) is -6.62. The van der Waals surface area contributed by atoms with Crippen molar-refractivity contribution in [3.8, 4) is 28.7 Å². The third-order valence-corrected chi connectivity index (χ3v) is 6.98. The van der Waals surface area contributed by atoms with Crippen LogP contribution in [-0.4, -0.2) is 108 Å². The van der Waals surface area contributed by atoms with E-state index in [1.165, 1.54) is 27.4 Å². The number of benzene rings is 2. The van der Waals surface area contributed by atoms with E-state index in [4.69, 9.17) is 23.7 Å². The molecule has 1 aliphatic rings. The maximum atomic E-state index is 10.4. The molecule has 2 aromatic rings. The lowest BCUT2D eigenvalue weighted by Gasteiger charge is -2.39. The third kappa shape index (κ3) is 7.03. The number of phenols is 1. The number of aliphatic hydroxyl groups excluding tert-OH is 6. The molecule has 218 valence electrons. The molecule has 0 aromatic heterocycles. The first-order chi connectivity index (χ1) is 18.7. The van der Waals surface area contributed by atoms with Gasteiger partial charge >= 0.3 is 0 Å². The van der Waals surface area contributed by atoms with Gasteiger partial charge in [-0.3, -0.25) is 0 Å². The monoisotopic (exact) mass is 554 g/mol. The maximum Gasteiger partial charge on any atom is 0.229 e. The van der Waals surface area contributed by atoms with Crippen LogP contribution in [0.15, 0.2) is 30.3 Å². The Bertz CT molecular complexity index is 1040. The van der Waals surface area contributed by atoms with Gasteiger partial charge in [-0.2, -0.15) is 0 Å². The van der Waals surface area contributed by atoms with E-state index in [0.717, 1.165) is 5.56 Å². The minimum absolute atomic E-state index is 0.00530. The zero-order chi connectivity index (χ0) is 28.7. The van der Waals surface area contributed by atoms with Gasteiger partial charge in [0.1, 0.15) is 24.4 Å². The van der Waals surface area contributed by atoms with Crippen LogP contribution in [0.2, 0.25) is 0 Å². The molecule has 1 saturated heterocycles. The van der Waals surface area contributed by atoms with Gasteiger partial charge in [0.15, 0.2) is 23.0 Å². The number of hydrogen-bond donors (Lipinski definition) is 7. The Kier molecular flexibility index (Phi) is 11.0. The second-order valence-electron chi connectivity index (χ2n) is 9.44. The van der Waals surface area contributed by atoms with Gasteiger partial charge < -0.3 is 59.4 Å². The van der Waals surface area contributed by atoms with Crippen LogP contribution in [0.25, 0.3) is 0 Å². The van der Waals surface area contributed by atoms with Crippen LogP contribution in [0, 0.1) is 11.8 Å². The molecule has 0 amide bonds. The maximum absolute atomic E-state index is 10.4. The molecule has 3 rings (SSSR count). The molecule has 2 aromatic carbocycles. The first-order valence-electron chi connectivity index (χ1n) is 12.5. The van der Waals surface area contributed by atoms with Crippen molar-refractivity contribution in [3.63, 3.8) is 0 Å². The van der Waals surface area contributed by atoms with Crippen molar-refractivity contribution in [1.82, 2.24) is 0 Å². The number of ether oxygens (including phenoxy) is 5. The van der Waals surface area contributed by atoms with Gasteiger partial charge in [-0.15, -0.1) is 0 Å². The highest BCUT2D eigenvalue weighted by Gasteiger charge is 2.45. The van der Waals surface area contributed by atoms with Crippen molar-refractivity contribution in [2.75, 3.05) is 41.2 Å². The highest BCUT2D eigenvalue weighted by Crippen LogP contribution is 2.41. The molecule has 1 aliphatic heterocycles. The normalized spacial score (nSPS) is 24.6. The van der Waals surface area contributed by atoms with E-state index < -0.39 is 37.3 Å². The average molecular weight is 555 g/mol. The fourth-order valence-corrected chi connectivity index (χ4v) is 4.66. The average Bonchev–Trinajstić information content (AvgIpc) is 2.95. The number of phenolic OH excluding ortho intramolecular Hbond substituents is 1. The first kappa shape index (κ1) is 30.7. The van der Waals surface area contributed by atoms with E-state index >= 15 is 0 Å². The Labute approximate surface area is 226 Å². The van der Waals surface area contributed by atoms with E-state index in [1.54, 1.807) is 24.3 Å². The first-order valence-corrected chi connectivity index (χ1v) is 12.5. The summed E-state index contributed by atoms with van der Waals surface area (Å²) in [4.78, 5) is 0. The molecule has 7 N–H and O–H groups in total. The fourth-order valence-electron chi connectivity index (χ4n) is 4.66. The van der Waals surface area contributed by atoms with Gasteiger partial charge in [0, 0.05) is 13.2 Å². The largest absolute Gasteiger partial charge is 0.504 e. The molecule has 1 fully saturated rings. The van der Waals surface area contributed by atoms with Gasteiger partial charge in [0.2, 0.25) is 12.0 Å². The molecule has 39 heavy (non-hydrogen) atoms. The Morgan fingerprint density at radius 2 is 1.28 bits per heavy atom. The van der Waals surface area contributed by atoms with Gasteiger partial charge in [0.05, 0.1) is 27.9 Å². The lowest BCUT2D eigenvalue weighted by Crippen LogP contribution is -2.60. The summed E-state index contributed by atoms with van der Waals surface area (Å²) < 4.78 is 27.4. The van der Waals surface area contributed by atoms with Crippen molar-refractivity contribution in [1.29, 1.82) is 0 Å². The van der Waals surface area contributed by atoms with Crippen LogP contribution in [0.3, 0.4) is 0 Å². The van der Waals surface area contributed by atoms with Crippen LogP contribution in [-0.2, 0) is 17.6 Å². The summed E-state index contributed by atoms with van der Waals surface area (Å²) in [5, 5.41) is 70.1. The summed E-state index contributed by atoms with van der Waals surface area (Å²) in [6, 6.07) is 8.24. The van der Waals surface area contributed by atoms with Crippen LogP contribution >= 0.6 is 0 Å². The highest BCUT2D eigenvalue weighted by atomic mass is 16.7. The summed E-state index contributed by atoms with van der Waals surface area (Å²) in [6.45, 7) is -1.02. The molecule has 0 saturated carbocycles. The molecule has 12 heteroatoms. The summed E-state index contributed by atoms with van der Waals surface area (Å²) in [7, 11) is 4.25. The molecule has 0 aliphatic carbocycles. The van der Waals surface area contributed by atoms with Crippen LogP contribution in [0.4, 0.5) is 0 Å². The van der Waals surface area contributed by atoms with Gasteiger partial charge in [-0.1, -0.05) is 6.07 Å². The molecule has 0 unspecified atom stereocenters. The summed E-state index contributed by atoms with van der Waals surface area (Å²) >= 11 is 0. The summed E-state index contributed by atoms with van der Waals surface area (Å²) in [5.74, 6) is 0.111. The second-order valence-corrected chi connectivity index (χ2v) is 9.44. The van der Waals surface area contributed by atoms with Crippen LogP contribution < -0.4 is 18.9 Å². The smallest absolute Gasteiger partial charge is 0.229 e.